The van der Waals surface area contributed by atoms with Gasteiger partial charge in [0.2, 0.25) is 0 Å². The molecule has 3 rings (SSSR count). The summed E-state index contributed by atoms with van der Waals surface area (Å²) in [6.07, 6.45) is 0.921. The van der Waals surface area contributed by atoms with Gasteiger partial charge in [0.25, 0.3) is 5.91 Å². The van der Waals surface area contributed by atoms with Gasteiger partial charge in [-0.05, 0) is 30.5 Å². The maximum atomic E-state index is 11.6. The smallest absolute Gasteiger partial charge is 0.268 e. The normalized spacial score (nSPS) is 15.1. The number of carbonyl (C=O) groups excluding carboxylic acids is 1. The molecule has 1 amide bonds. The van der Waals surface area contributed by atoms with Crippen LogP contribution in [0, 0.1) is 6.92 Å². The zero-order valence-corrected chi connectivity index (χ0v) is 8.55. The Kier molecular flexibility index (Phi) is 1.63. The number of fused-ring (bicyclic) bond motifs is 3. The second kappa shape index (κ2) is 2.86. The molecule has 2 N–H and O–H groups in total. The van der Waals surface area contributed by atoms with Gasteiger partial charge in [0.05, 0.1) is 0 Å². The van der Waals surface area contributed by atoms with Crippen molar-refractivity contribution in [3.63, 3.8) is 0 Å². The second-order valence-electron chi connectivity index (χ2n) is 4.03. The van der Waals surface area contributed by atoms with Crippen LogP contribution in [0.3, 0.4) is 0 Å². The van der Waals surface area contributed by atoms with Gasteiger partial charge in [-0.2, -0.15) is 0 Å². The Bertz CT molecular complexity index is 554. The summed E-state index contributed by atoms with van der Waals surface area (Å²) in [6.45, 7) is 2.80. The molecule has 1 aromatic heterocycles. The van der Waals surface area contributed by atoms with Gasteiger partial charge in [0.1, 0.15) is 5.69 Å². The molecule has 76 valence electrons. The van der Waals surface area contributed by atoms with E-state index in [1.54, 1.807) is 0 Å². The topological polar surface area (TPSA) is 44.9 Å². The molecule has 1 aliphatic heterocycles. The van der Waals surface area contributed by atoms with Gasteiger partial charge in [0.15, 0.2) is 0 Å². The van der Waals surface area contributed by atoms with Crippen molar-refractivity contribution in [3.05, 3.63) is 35.0 Å². The van der Waals surface area contributed by atoms with Crippen molar-refractivity contribution in [1.82, 2.24) is 10.3 Å². The van der Waals surface area contributed by atoms with E-state index in [2.05, 4.69) is 35.4 Å². The van der Waals surface area contributed by atoms with Gasteiger partial charge in [-0.15, -0.1) is 0 Å². The molecule has 0 atom stereocenters. The van der Waals surface area contributed by atoms with Crippen molar-refractivity contribution >= 4 is 16.8 Å². The Labute approximate surface area is 87.5 Å². The van der Waals surface area contributed by atoms with Crippen LogP contribution >= 0.6 is 0 Å². The maximum Gasteiger partial charge on any atom is 0.268 e. The van der Waals surface area contributed by atoms with Crippen LogP contribution in [0.2, 0.25) is 0 Å². The molecular formula is C12H12N2O. The first-order chi connectivity index (χ1) is 7.25. The Hall–Kier alpha value is -1.77. The summed E-state index contributed by atoms with van der Waals surface area (Å²) in [4.78, 5) is 14.8. The van der Waals surface area contributed by atoms with Crippen LogP contribution < -0.4 is 5.32 Å². The average molecular weight is 200 g/mol. The van der Waals surface area contributed by atoms with Crippen LogP contribution in [0.1, 0.15) is 21.6 Å². The van der Waals surface area contributed by atoms with E-state index in [1.165, 1.54) is 10.9 Å². The van der Waals surface area contributed by atoms with Crippen LogP contribution in [0.15, 0.2) is 18.2 Å². The summed E-state index contributed by atoms with van der Waals surface area (Å²) < 4.78 is 0. The van der Waals surface area contributed by atoms with E-state index in [-0.39, 0.29) is 5.91 Å². The van der Waals surface area contributed by atoms with Crippen molar-refractivity contribution in [2.45, 2.75) is 13.3 Å². The fourth-order valence-corrected chi connectivity index (χ4v) is 2.21. The molecule has 15 heavy (non-hydrogen) atoms. The van der Waals surface area contributed by atoms with E-state index < -0.39 is 0 Å². The number of H-pyrrole nitrogens is 1. The standard InChI is InChI=1S/C12H12N2O/c1-7-2-3-8-9-4-5-13-12(15)11(9)14-10(8)6-7/h2-3,6,14H,4-5H2,1H3,(H,13,15). The third kappa shape index (κ3) is 1.16. The molecule has 0 aliphatic carbocycles. The molecule has 0 radical (unpaired) electrons. The lowest BCUT2D eigenvalue weighted by Gasteiger charge is -2.11. The molecule has 0 saturated heterocycles. The summed E-state index contributed by atoms with van der Waals surface area (Å²) in [5, 5.41) is 4.03. The summed E-state index contributed by atoms with van der Waals surface area (Å²) in [5.41, 5.74) is 4.18. The predicted molar refractivity (Wildman–Crippen MR) is 59.1 cm³/mol. The number of benzene rings is 1. The van der Waals surface area contributed by atoms with E-state index in [0.717, 1.165) is 29.7 Å². The fraction of sp³-hybridized carbons (Fsp3) is 0.250. The lowest BCUT2D eigenvalue weighted by atomic mass is 10.0. The molecule has 0 spiro atoms. The van der Waals surface area contributed by atoms with Gasteiger partial charge in [-0.3, -0.25) is 4.79 Å². The molecule has 0 fully saturated rings. The van der Waals surface area contributed by atoms with E-state index in [4.69, 9.17) is 0 Å². The van der Waals surface area contributed by atoms with Crippen LogP contribution in [-0.4, -0.2) is 17.4 Å². The highest BCUT2D eigenvalue weighted by molar-refractivity contribution is 6.02. The number of amides is 1. The first kappa shape index (κ1) is 8.53. The quantitative estimate of drug-likeness (QED) is 0.668. The number of aromatic amines is 1. The van der Waals surface area contributed by atoms with E-state index >= 15 is 0 Å². The van der Waals surface area contributed by atoms with Crippen molar-refractivity contribution in [1.29, 1.82) is 0 Å². The molecule has 0 bridgehead atoms. The number of rotatable bonds is 0. The SMILES string of the molecule is Cc1ccc2c3c([nH]c2c1)C(=O)NCC3. The summed E-state index contributed by atoms with van der Waals surface area (Å²) in [5.74, 6) is 0.0186. The lowest BCUT2D eigenvalue weighted by Crippen LogP contribution is -2.31. The number of aromatic nitrogens is 1. The summed E-state index contributed by atoms with van der Waals surface area (Å²) in [6, 6.07) is 6.27. The maximum absolute atomic E-state index is 11.6. The Morgan fingerprint density at radius 2 is 2.20 bits per heavy atom. The second-order valence-corrected chi connectivity index (χ2v) is 4.03. The third-order valence-corrected chi connectivity index (χ3v) is 2.95. The predicted octanol–water partition coefficient (Wildman–Crippen LogP) is 1.76. The molecule has 1 aromatic carbocycles. The average Bonchev–Trinajstić information content (AvgIpc) is 2.57. The summed E-state index contributed by atoms with van der Waals surface area (Å²) >= 11 is 0. The minimum atomic E-state index is 0.0186. The van der Waals surface area contributed by atoms with Gasteiger partial charge in [0, 0.05) is 17.4 Å². The fourth-order valence-electron chi connectivity index (χ4n) is 2.21. The first-order valence-corrected chi connectivity index (χ1v) is 5.15. The van der Waals surface area contributed by atoms with E-state index in [9.17, 15) is 4.79 Å². The Morgan fingerprint density at radius 1 is 1.33 bits per heavy atom. The minimum absolute atomic E-state index is 0.0186. The number of carbonyl (C=O) groups is 1. The summed E-state index contributed by atoms with van der Waals surface area (Å²) in [7, 11) is 0. The molecule has 2 aromatic rings. The number of aryl methyl sites for hydroxylation is 1. The highest BCUT2D eigenvalue weighted by atomic mass is 16.1. The highest BCUT2D eigenvalue weighted by Gasteiger charge is 2.20. The molecule has 1 aliphatic rings. The molecule has 2 heterocycles. The molecular weight excluding hydrogens is 188 g/mol. The third-order valence-electron chi connectivity index (χ3n) is 2.95. The Balaban J connectivity index is 2.35. The molecule has 0 saturated carbocycles. The molecule has 0 unspecified atom stereocenters. The van der Waals surface area contributed by atoms with Crippen LogP contribution in [0.5, 0.6) is 0 Å². The monoisotopic (exact) mass is 200 g/mol. The number of hydrogen-bond acceptors (Lipinski definition) is 1. The zero-order chi connectivity index (χ0) is 10.4. The van der Waals surface area contributed by atoms with E-state index in [0.29, 0.717) is 0 Å². The van der Waals surface area contributed by atoms with Crippen molar-refractivity contribution < 1.29 is 4.79 Å². The zero-order valence-electron chi connectivity index (χ0n) is 8.55. The van der Waals surface area contributed by atoms with E-state index in [1.807, 2.05) is 0 Å². The van der Waals surface area contributed by atoms with Gasteiger partial charge < -0.3 is 10.3 Å². The van der Waals surface area contributed by atoms with Gasteiger partial charge in [-0.1, -0.05) is 12.1 Å². The number of nitrogens with one attached hydrogen (secondary N) is 2. The number of hydrogen-bond donors (Lipinski definition) is 2. The highest BCUT2D eigenvalue weighted by Crippen LogP contribution is 2.25. The van der Waals surface area contributed by atoms with Crippen molar-refractivity contribution in [2.75, 3.05) is 6.54 Å². The van der Waals surface area contributed by atoms with Crippen LogP contribution in [0.4, 0.5) is 0 Å². The van der Waals surface area contributed by atoms with Crippen LogP contribution in [0.25, 0.3) is 10.9 Å². The van der Waals surface area contributed by atoms with Crippen molar-refractivity contribution in [2.24, 2.45) is 0 Å². The largest absolute Gasteiger partial charge is 0.350 e. The van der Waals surface area contributed by atoms with Gasteiger partial charge in [-0.25, -0.2) is 0 Å². The van der Waals surface area contributed by atoms with Crippen molar-refractivity contribution in [3.8, 4) is 0 Å². The Morgan fingerprint density at radius 3 is 3.07 bits per heavy atom. The van der Waals surface area contributed by atoms with Crippen LogP contribution in [-0.2, 0) is 6.42 Å². The molecule has 3 heteroatoms. The minimum Gasteiger partial charge on any atom is -0.350 e. The van der Waals surface area contributed by atoms with Gasteiger partial charge >= 0.3 is 0 Å². The molecule has 3 nitrogen and oxygen atoms in total. The lowest BCUT2D eigenvalue weighted by molar-refractivity contribution is 0.0942. The first-order valence-electron chi connectivity index (χ1n) is 5.15.